The first kappa shape index (κ1) is 30.4. The number of ether oxygens (including phenoxy) is 3. The molecule has 0 saturated carbocycles. The van der Waals surface area contributed by atoms with Crippen molar-refractivity contribution >= 4 is 23.6 Å². The zero-order valence-electron chi connectivity index (χ0n) is 23.8. The van der Waals surface area contributed by atoms with Crippen LogP contribution in [0.25, 0.3) is 5.69 Å². The number of aliphatic hydroxyl groups is 1. The number of benzene rings is 3. The van der Waals surface area contributed by atoms with Crippen LogP contribution in [0.5, 0.6) is 0 Å². The van der Waals surface area contributed by atoms with E-state index in [4.69, 9.17) is 14.2 Å². The first-order valence-electron chi connectivity index (χ1n) is 13.9. The van der Waals surface area contributed by atoms with E-state index in [0.717, 1.165) is 27.9 Å². The van der Waals surface area contributed by atoms with Crippen LogP contribution < -0.4 is 5.32 Å². The van der Waals surface area contributed by atoms with E-state index in [1.807, 2.05) is 78.9 Å². The molecular weight excluding hydrogens is 570 g/mol. The predicted molar refractivity (Wildman–Crippen MR) is 158 cm³/mol. The van der Waals surface area contributed by atoms with Gasteiger partial charge in [-0.3, -0.25) is 9.59 Å². The van der Waals surface area contributed by atoms with Crippen LogP contribution in [0.4, 0.5) is 0 Å². The predicted octanol–water partition coefficient (Wildman–Crippen LogP) is 4.06. The maximum absolute atomic E-state index is 12.2. The number of para-hydroxylation sites is 1. The number of aromatic nitrogens is 4. The average Bonchev–Trinajstić information content (AvgIpc) is 3.51. The van der Waals surface area contributed by atoms with Gasteiger partial charge < -0.3 is 24.6 Å². The van der Waals surface area contributed by atoms with Crippen molar-refractivity contribution in [3.8, 4) is 5.69 Å². The van der Waals surface area contributed by atoms with Crippen molar-refractivity contribution in [2.24, 2.45) is 0 Å². The number of thioether (sulfide) groups is 1. The summed E-state index contributed by atoms with van der Waals surface area (Å²) in [5.41, 5.74) is 4.41. The van der Waals surface area contributed by atoms with Gasteiger partial charge >= 0.3 is 5.97 Å². The Kier molecular flexibility index (Phi) is 10.2. The molecule has 43 heavy (non-hydrogen) atoms. The number of aliphatic hydroxyl groups excluding tert-OH is 1. The van der Waals surface area contributed by atoms with Crippen LogP contribution in [0, 0.1) is 0 Å². The van der Waals surface area contributed by atoms with Crippen LogP contribution in [0.3, 0.4) is 0 Å². The average molecular weight is 604 g/mol. The van der Waals surface area contributed by atoms with Crippen molar-refractivity contribution in [2.75, 3.05) is 5.75 Å². The molecule has 1 fully saturated rings. The Morgan fingerprint density at radius 3 is 2.42 bits per heavy atom. The number of hydrogen-bond acceptors (Lipinski definition) is 10. The van der Waals surface area contributed by atoms with Crippen molar-refractivity contribution in [2.45, 2.75) is 63.2 Å². The molecule has 1 amide bonds. The van der Waals surface area contributed by atoms with Crippen molar-refractivity contribution in [3.05, 3.63) is 101 Å². The van der Waals surface area contributed by atoms with Gasteiger partial charge in [-0.15, -0.1) is 5.10 Å². The normalized spacial score (nSPS) is 19.0. The summed E-state index contributed by atoms with van der Waals surface area (Å²) in [6.07, 6.45) is -1.27. The molecule has 2 heterocycles. The minimum atomic E-state index is -0.865. The second-order valence-electron chi connectivity index (χ2n) is 10.1. The van der Waals surface area contributed by atoms with E-state index < -0.39 is 18.4 Å². The van der Waals surface area contributed by atoms with Gasteiger partial charge in [0.1, 0.15) is 0 Å². The largest absolute Gasteiger partial charge is 0.453 e. The molecule has 4 atom stereocenters. The summed E-state index contributed by atoms with van der Waals surface area (Å²) < 4.78 is 19.5. The van der Waals surface area contributed by atoms with Gasteiger partial charge in [0.25, 0.3) is 5.91 Å². The van der Waals surface area contributed by atoms with Gasteiger partial charge in [-0.25, -0.2) is 0 Å². The fourth-order valence-corrected chi connectivity index (χ4v) is 5.53. The molecule has 11 nitrogen and oxygen atoms in total. The second-order valence-corrected chi connectivity index (χ2v) is 11.1. The molecule has 0 spiro atoms. The van der Waals surface area contributed by atoms with Gasteiger partial charge in [-0.1, -0.05) is 78.5 Å². The van der Waals surface area contributed by atoms with Crippen molar-refractivity contribution in [3.63, 3.8) is 0 Å². The maximum atomic E-state index is 12.2. The number of nitrogens with zero attached hydrogens (tertiary/aromatic N) is 4. The lowest BCUT2D eigenvalue weighted by atomic mass is 10.0. The van der Waals surface area contributed by atoms with E-state index in [-0.39, 0.29) is 31.3 Å². The van der Waals surface area contributed by atoms with E-state index in [2.05, 4.69) is 20.8 Å². The van der Waals surface area contributed by atoms with Gasteiger partial charge in [-0.2, -0.15) is 4.68 Å². The molecule has 0 unspecified atom stereocenters. The van der Waals surface area contributed by atoms with E-state index >= 15 is 0 Å². The number of esters is 1. The molecule has 2 N–H and O–H groups in total. The highest BCUT2D eigenvalue weighted by molar-refractivity contribution is 7.99. The van der Waals surface area contributed by atoms with Crippen LogP contribution in [-0.4, -0.2) is 55.2 Å². The Hall–Kier alpha value is -4.10. The number of carbonyl (C=O) groups is 2. The van der Waals surface area contributed by atoms with Crippen LogP contribution in [0.2, 0.25) is 0 Å². The molecular formula is C31H33N5O6S. The Balaban J connectivity index is 1.28. The number of rotatable bonds is 11. The quantitative estimate of drug-likeness (QED) is 0.191. The highest BCUT2D eigenvalue weighted by Crippen LogP contribution is 2.39. The fourth-order valence-electron chi connectivity index (χ4n) is 4.62. The first-order valence-corrected chi connectivity index (χ1v) is 14.9. The van der Waals surface area contributed by atoms with Gasteiger partial charge in [0.05, 0.1) is 24.5 Å². The molecule has 1 aliphatic heterocycles. The zero-order chi connectivity index (χ0) is 30.2. The van der Waals surface area contributed by atoms with Gasteiger partial charge in [0, 0.05) is 31.2 Å². The summed E-state index contributed by atoms with van der Waals surface area (Å²) in [7, 11) is 0. The van der Waals surface area contributed by atoms with Crippen LogP contribution in [-0.2, 0) is 37.0 Å². The molecule has 0 radical (unpaired) electrons. The second kappa shape index (κ2) is 14.4. The Morgan fingerprint density at radius 2 is 1.72 bits per heavy atom. The monoisotopic (exact) mass is 603 g/mol. The zero-order valence-corrected chi connectivity index (χ0v) is 24.6. The van der Waals surface area contributed by atoms with Crippen LogP contribution >= 0.6 is 11.8 Å². The molecule has 0 aliphatic carbocycles. The summed E-state index contributed by atoms with van der Waals surface area (Å²) in [6, 6.07) is 25.1. The number of hydrogen-bond donors (Lipinski definition) is 2. The standard InChI is InChI=1S/C31H33N5O6S/c1-20(40-21(2)38)29(39)32-17-22-8-14-25(15-9-22)30-41-27(16-28(42-30)24-12-10-23(18-37)11-13-24)19-43-31-33-34-35-36(31)26-6-4-3-5-7-26/h3-15,20,27-28,30,37H,16-19H2,1-2H3,(H,32,39)/t20-,27-,28+,30+/m0/s1. The molecule has 224 valence electrons. The van der Waals surface area contributed by atoms with Crippen LogP contribution in [0.1, 0.15) is 54.9 Å². The van der Waals surface area contributed by atoms with E-state index in [1.54, 1.807) is 4.68 Å². The molecule has 1 aromatic heterocycles. The first-order chi connectivity index (χ1) is 20.9. The molecule has 4 aromatic rings. The summed E-state index contributed by atoms with van der Waals surface area (Å²) in [4.78, 5) is 23.3. The molecule has 3 aromatic carbocycles. The third-order valence-electron chi connectivity index (χ3n) is 6.89. The summed E-state index contributed by atoms with van der Waals surface area (Å²) >= 11 is 1.51. The SMILES string of the molecule is CC(=O)O[C@@H](C)C(=O)NCc1ccc([C@@H]2O[C@H](CSc3nnnn3-c3ccccc3)C[C@H](c3ccc(CO)cc3)O2)cc1. The van der Waals surface area contributed by atoms with Crippen molar-refractivity contribution in [1.29, 1.82) is 0 Å². The Labute approximate surface area is 253 Å². The minimum absolute atomic E-state index is 0.0254. The highest BCUT2D eigenvalue weighted by atomic mass is 32.2. The molecule has 5 rings (SSSR count). The number of tetrazole rings is 1. The molecule has 1 saturated heterocycles. The topological polar surface area (TPSA) is 138 Å². The van der Waals surface area contributed by atoms with E-state index in [9.17, 15) is 14.7 Å². The lowest BCUT2D eigenvalue weighted by molar-refractivity contribution is -0.245. The van der Waals surface area contributed by atoms with Crippen molar-refractivity contribution in [1.82, 2.24) is 25.5 Å². The number of carbonyl (C=O) groups excluding carboxylic acids is 2. The van der Waals surface area contributed by atoms with Gasteiger partial charge in [-0.05, 0) is 46.2 Å². The highest BCUT2D eigenvalue weighted by Gasteiger charge is 2.32. The molecule has 12 heteroatoms. The fraction of sp³-hybridized carbons (Fsp3) is 0.323. The van der Waals surface area contributed by atoms with Gasteiger partial charge in [0.15, 0.2) is 12.4 Å². The third kappa shape index (κ3) is 8.05. The summed E-state index contributed by atoms with van der Waals surface area (Å²) in [6.45, 7) is 3.06. The minimum Gasteiger partial charge on any atom is -0.453 e. The smallest absolute Gasteiger partial charge is 0.303 e. The summed E-state index contributed by atoms with van der Waals surface area (Å²) in [5.74, 6) is -0.274. The maximum Gasteiger partial charge on any atom is 0.303 e. The van der Waals surface area contributed by atoms with E-state index in [0.29, 0.717) is 17.3 Å². The Morgan fingerprint density at radius 1 is 1.02 bits per heavy atom. The van der Waals surface area contributed by atoms with E-state index in [1.165, 1.54) is 25.6 Å². The molecule has 1 aliphatic rings. The third-order valence-corrected chi connectivity index (χ3v) is 7.94. The van der Waals surface area contributed by atoms with Crippen LogP contribution in [0.15, 0.2) is 84.0 Å². The lowest BCUT2D eigenvalue weighted by Gasteiger charge is -2.36. The van der Waals surface area contributed by atoms with Crippen molar-refractivity contribution < 1.29 is 28.9 Å². The number of nitrogens with one attached hydrogen (secondary N) is 1. The molecule has 0 bridgehead atoms. The lowest BCUT2D eigenvalue weighted by Crippen LogP contribution is -2.35. The Bertz CT molecular complexity index is 1500. The summed E-state index contributed by atoms with van der Waals surface area (Å²) in [5, 5.41) is 25.1. The van der Waals surface area contributed by atoms with Gasteiger partial charge in [0.2, 0.25) is 5.16 Å². The number of amides is 1.